The number of rotatable bonds is 8. The van der Waals surface area contributed by atoms with Gasteiger partial charge in [0.25, 0.3) is 5.91 Å². The maximum atomic E-state index is 13.8. The van der Waals surface area contributed by atoms with Gasteiger partial charge >= 0.3 is 0 Å². The highest BCUT2D eigenvalue weighted by molar-refractivity contribution is 9.10. The number of hydrogen-bond acceptors (Lipinski definition) is 6. The third kappa shape index (κ3) is 5.70. The molecule has 1 amide bonds. The number of amides is 1. The van der Waals surface area contributed by atoms with Crippen molar-refractivity contribution in [3.8, 4) is 22.8 Å². The van der Waals surface area contributed by atoms with Crippen LogP contribution in [0.25, 0.3) is 17.1 Å². The fourth-order valence-corrected chi connectivity index (χ4v) is 4.17. The van der Waals surface area contributed by atoms with Crippen LogP contribution in [0.15, 0.2) is 87.5 Å². The number of halogens is 2. The molecule has 7 nitrogen and oxygen atoms in total. The standard InChI is InChI=1S/C24H19BrFN5O2S/c1-33-20-10-8-19(9-11-20)31-23(16-5-3-2-4-6-16)29-30-24(31)34-15-22(32)28-27-14-17-13-18(25)7-12-21(17)26/h2-14H,15H2,1H3,(H,28,32)/b27-14+. The van der Waals surface area contributed by atoms with Crippen molar-refractivity contribution in [3.63, 3.8) is 0 Å². The van der Waals surface area contributed by atoms with Crippen molar-refractivity contribution in [3.05, 3.63) is 88.6 Å². The van der Waals surface area contributed by atoms with E-state index in [-0.39, 0.29) is 17.2 Å². The molecule has 172 valence electrons. The number of hydrazone groups is 1. The van der Waals surface area contributed by atoms with Crippen LogP contribution in [-0.2, 0) is 4.79 Å². The Labute approximate surface area is 208 Å². The Morgan fingerprint density at radius 3 is 2.65 bits per heavy atom. The van der Waals surface area contributed by atoms with Crippen molar-refractivity contribution < 1.29 is 13.9 Å². The number of ether oxygens (including phenoxy) is 1. The second kappa shape index (κ2) is 11.1. The number of aromatic nitrogens is 3. The van der Waals surface area contributed by atoms with Crippen molar-refractivity contribution in [1.29, 1.82) is 0 Å². The summed E-state index contributed by atoms with van der Waals surface area (Å²) in [4.78, 5) is 12.3. The molecule has 0 unspecified atom stereocenters. The van der Waals surface area contributed by atoms with Crippen molar-refractivity contribution in [1.82, 2.24) is 20.2 Å². The summed E-state index contributed by atoms with van der Waals surface area (Å²) in [5, 5.41) is 13.1. The summed E-state index contributed by atoms with van der Waals surface area (Å²) < 4.78 is 21.7. The fourth-order valence-electron chi connectivity index (χ4n) is 3.05. The topological polar surface area (TPSA) is 81.4 Å². The van der Waals surface area contributed by atoms with Gasteiger partial charge in [-0.2, -0.15) is 5.10 Å². The van der Waals surface area contributed by atoms with E-state index < -0.39 is 5.82 Å². The van der Waals surface area contributed by atoms with Crippen LogP contribution >= 0.6 is 27.7 Å². The van der Waals surface area contributed by atoms with Crippen LogP contribution < -0.4 is 10.2 Å². The van der Waals surface area contributed by atoms with Gasteiger partial charge in [-0.25, -0.2) is 9.82 Å². The van der Waals surface area contributed by atoms with Gasteiger partial charge < -0.3 is 4.74 Å². The molecule has 0 spiro atoms. The van der Waals surface area contributed by atoms with Crippen LogP contribution in [0.5, 0.6) is 5.75 Å². The smallest absolute Gasteiger partial charge is 0.250 e. The predicted octanol–water partition coefficient (Wildman–Crippen LogP) is 5.09. The first kappa shape index (κ1) is 23.7. The first-order valence-corrected chi connectivity index (χ1v) is 11.9. The van der Waals surface area contributed by atoms with Gasteiger partial charge in [0.15, 0.2) is 11.0 Å². The largest absolute Gasteiger partial charge is 0.497 e. The van der Waals surface area contributed by atoms with E-state index in [0.29, 0.717) is 15.5 Å². The van der Waals surface area contributed by atoms with E-state index in [0.717, 1.165) is 17.0 Å². The molecule has 0 saturated heterocycles. The van der Waals surface area contributed by atoms with E-state index in [4.69, 9.17) is 4.74 Å². The number of hydrogen-bond donors (Lipinski definition) is 1. The van der Waals surface area contributed by atoms with Gasteiger partial charge in [0, 0.05) is 21.3 Å². The van der Waals surface area contributed by atoms with Gasteiger partial charge in [0.05, 0.1) is 19.1 Å². The summed E-state index contributed by atoms with van der Waals surface area (Å²) in [5.74, 6) is 0.628. The number of carbonyl (C=O) groups excluding carboxylic acids is 1. The van der Waals surface area contributed by atoms with Gasteiger partial charge in [-0.1, -0.05) is 58.0 Å². The maximum absolute atomic E-state index is 13.8. The number of benzene rings is 3. The van der Waals surface area contributed by atoms with E-state index >= 15 is 0 Å². The summed E-state index contributed by atoms with van der Waals surface area (Å²) in [6, 6.07) is 21.6. The van der Waals surface area contributed by atoms with Crippen LogP contribution in [0.3, 0.4) is 0 Å². The quantitative estimate of drug-likeness (QED) is 0.191. The van der Waals surface area contributed by atoms with Gasteiger partial charge in [0.1, 0.15) is 11.6 Å². The van der Waals surface area contributed by atoms with Gasteiger partial charge in [0.2, 0.25) is 0 Å². The molecule has 10 heteroatoms. The minimum absolute atomic E-state index is 0.0430. The van der Waals surface area contributed by atoms with Crippen molar-refractivity contribution in [2.24, 2.45) is 5.10 Å². The Kier molecular flexibility index (Phi) is 7.71. The third-order valence-electron chi connectivity index (χ3n) is 4.68. The molecule has 0 fully saturated rings. The fraction of sp³-hybridized carbons (Fsp3) is 0.0833. The second-order valence-electron chi connectivity index (χ2n) is 6.95. The highest BCUT2D eigenvalue weighted by atomic mass is 79.9. The highest BCUT2D eigenvalue weighted by Gasteiger charge is 2.17. The summed E-state index contributed by atoms with van der Waals surface area (Å²) >= 11 is 4.50. The number of carbonyl (C=O) groups is 1. The molecule has 34 heavy (non-hydrogen) atoms. The molecule has 0 aliphatic rings. The molecule has 1 N–H and O–H groups in total. The Hall–Kier alpha value is -3.50. The molecular formula is C24H19BrFN5O2S. The first-order valence-electron chi connectivity index (χ1n) is 10.1. The first-order chi connectivity index (χ1) is 16.5. The zero-order valence-corrected chi connectivity index (χ0v) is 20.4. The third-order valence-corrected chi connectivity index (χ3v) is 6.10. The molecule has 1 heterocycles. The van der Waals surface area contributed by atoms with Gasteiger partial charge in [-0.3, -0.25) is 9.36 Å². The van der Waals surface area contributed by atoms with Crippen LogP contribution in [0.1, 0.15) is 5.56 Å². The lowest BCUT2D eigenvalue weighted by Gasteiger charge is -2.11. The van der Waals surface area contributed by atoms with Crippen LogP contribution in [-0.4, -0.2) is 39.7 Å². The molecule has 0 aliphatic heterocycles. The molecule has 4 aromatic rings. The summed E-state index contributed by atoms with van der Waals surface area (Å²) in [6.07, 6.45) is 1.26. The van der Waals surface area contributed by atoms with Gasteiger partial charge in [-0.05, 0) is 42.5 Å². The average Bonchev–Trinajstić information content (AvgIpc) is 3.29. The lowest BCUT2D eigenvalue weighted by molar-refractivity contribution is -0.118. The van der Waals surface area contributed by atoms with Crippen molar-refractivity contribution in [2.45, 2.75) is 5.16 Å². The summed E-state index contributed by atoms with van der Waals surface area (Å²) in [5.41, 5.74) is 4.39. The van der Waals surface area contributed by atoms with E-state index in [1.54, 1.807) is 19.2 Å². The van der Waals surface area contributed by atoms with E-state index in [1.165, 1.54) is 24.0 Å². The van der Waals surface area contributed by atoms with Crippen molar-refractivity contribution in [2.75, 3.05) is 12.9 Å². The highest BCUT2D eigenvalue weighted by Crippen LogP contribution is 2.28. The molecule has 3 aromatic carbocycles. The minimum Gasteiger partial charge on any atom is -0.497 e. The minimum atomic E-state index is -0.434. The van der Waals surface area contributed by atoms with E-state index in [1.807, 2.05) is 59.2 Å². The van der Waals surface area contributed by atoms with Gasteiger partial charge in [-0.15, -0.1) is 10.2 Å². The molecular weight excluding hydrogens is 521 g/mol. The Morgan fingerprint density at radius 2 is 1.91 bits per heavy atom. The number of thioether (sulfide) groups is 1. The van der Waals surface area contributed by atoms with E-state index in [9.17, 15) is 9.18 Å². The maximum Gasteiger partial charge on any atom is 0.250 e. The number of methoxy groups -OCH3 is 1. The molecule has 0 atom stereocenters. The summed E-state index contributed by atoms with van der Waals surface area (Å²) in [7, 11) is 1.61. The Balaban J connectivity index is 1.51. The zero-order valence-electron chi connectivity index (χ0n) is 18.0. The van der Waals surface area contributed by atoms with E-state index in [2.05, 4.69) is 36.7 Å². The van der Waals surface area contributed by atoms with Crippen LogP contribution in [0, 0.1) is 5.82 Å². The van der Waals surface area contributed by atoms with Crippen LogP contribution in [0.2, 0.25) is 0 Å². The van der Waals surface area contributed by atoms with Crippen LogP contribution in [0.4, 0.5) is 4.39 Å². The molecule has 0 radical (unpaired) electrons. The normalized spacial score (nSPS) is 11.0. The Morgan fingerprint density at radius 1 is 1.15 bits per heavy atom. The zero-order chi connectivity index (χ0) is 23.9. The molecule has 0 saturated carbocycles. The lowest BCUT2D eigenvalue weighted by atomic mass is 10.2. The molecule has 0 aliphatic carbocycles. The molecule has 0 bridgehead atoms. The Bertz CT molecular complexity index is 1310. The SMILES string of the molecule is COc1ccc(-n2c(SCC(=O)N/N=C/c3cc(Br)ccc3F)nnc2-c2ccccc2)cc1. The lowest BCUT2D eigenvalue weighted by Crippen LogP contribution is -2.20. The second-order valence-corrected chi connectivity index (χ2v) is 8.81. The molecule has 4 rings (SSSR count). The summed E-state index contributed by atoms with van der Waals surface area (Å²) in [6.45, 7) is 0. The van der Waals surface area contributed by atoms with Crippen molar-refractivity contribution >= 4 is 39.8 Å². The monoisotopic (exact) mass is 539 g/mol. The molecule has 1 aromatic heterocycles. The average molecular weight is 540 g/mol. The number of nitrogens with one attached hydrogen (secondary N) is 1. The predicted molar refractivity (Wildman–Crippen MR) is 134 cm³/mol. The number of nitrogens with zero attached hydrogens (tertiary/aromatic N) is 4.